The molecule has 0 N–H and O–H groups in total. The third-order valence-electron chi connectivity index (χ3n) is 7.74. The molecule has 2 saturated heterocycles. The van der Waals surface area contributed by atoms with E-state index >= 15 is 0 Å². The van der Waals surface area contributed by atoms with E-state index in [2.05, 4.69) is 30.0 Å². The topological polar surface area (TPSA) is 66.9 Å². The average Bonchev–Trinajstić information content (AvgIpc) is 3.37. The van der Waals surface area contributed by atoms with Crippen molar-refractivity contribution in [2.45, 2.75) is 50.1 Å². The number of hydrogen-bond donors (Lipinski definition) is 0. The Kier molecular flexibility index (Phi) is 5.73. The van der Waals surface area contributed by atoms with Crippen LogP contribution in [0.3, 0.4) is 0 Å². The quantitative estimate of drug-likeness (QED) is 0.671. The highest BCUT2D eigenvalue weighted by Gasteiger charge is 2.45. The van der Waals surface area contributed by atoms with Gasteiger partial charge in [-0.2, -0.15) is 0 Å². The van der Waals surface area contributed by atoms with Crippen molar-refractivity contribution in [1.29, 1.82) is 0 Å². The predicted molar refractivity (Wildman–Crippen MR) is 127 cm³/mol. The number of fused-ring (bicyclic) bond motifs is 1. The maximum absolute atomic E-state index is 12.8. The molecule has 0 unspecified atom stereocenters. The molecule has 5 rings (SSSR count). The van der Waals surface area contributed by atoms with E-state index in [1.165, 1.54) is 17.4 Å². The molecule has 3 heterocycles. The summed E-state index contributed by atoms with van der Waals surface area (Å²) >= 11 is 0. The van der Waals surface area contributed by atoms with Crippen LogP contribution in [0.1, 0.15) is 48.9 Å². The Morgan fingerprint density at radius 2 is 1.82 bits per heavy atom. The predicted octanol–water partition coefficient (Wildman–Crippen LogP) is 3.60. The lowest BCUT2D eigenvalue weighted by Crippen LogP contribution is -2.42. The van der Waals surface area contributed by atoms with Gasteiger partial charge in [-0.05, 0) is 73.2 Å². The van der Waals surface area contributed by atoms with Crippen LogP contribution >= 0.6 is 0 Å². The molecular weight excluding hydrogens is 436 g/mol. The number of carbonyl (C=O) groups is 1. The molecule has 0 aliphatic carbocycles. The molecule has 33 heavy (non-hydrogen) atoms. The lowest BCUT2D eigenvalue weighted by Gasteiger charge is -2.41. The Labute approximate surface area is 196 Å². The molecule has 1 amide bonds. The maximum atomic E-state index is 12.8. The summed E-state index contributed by atoms with van der Waals surface area (Å²) < 4.78 is 29.1. The largest absolute Gasteiger partial charge is 0.493 e. The van der Waals surface area contributed by atoms with E-state index in [0.29, 0.717) is 23.9 Å². The van der Waals surface area contributed by atoms with Gasteiger partial charge in [-0.1, -0.05) is 24.3 Å². The summed E-state index contributed by atoms with van der Waals surface area (Å²) in [7, 11) is -3.21. The monoisotopic (exact) mass is 468 g/mol. The Morgan fingerprint density at radius 3 is 2.52 bits per heavy atom. The lowest BCUT2D eigenvalue weighted by molar-refractivity contribution is -0.128. The summed E-state index contributed by atoms with van der Waals surface area (Å²) in [4.78, 5) is 17.6. The molecule has 3 aliphatic heterocycles. The van der Waals surface area contributed by atoms with Crippen molar-refractivity contribution < 1.29 is 17.9 Å². The highest BCUT2D eigenvalue weighted by atomic mass is 32.2. The first-order valence-corrected chi connectivity index (χ1v) is 13.7. The molecular formula is C26H32N2O4S. The van der Waals surface area contributed by atoms with Crippen LogP contribution in [-0.4, -0.2) is 56.6 Å². The standard InChI is InChI=1S/C26H32N2O4S/c1-19(22-6-5-21-9-14-32-24(21)15-22)27-12-10-26(11-13-27)16-25(29)28(18-26)17-20-3-7-23(8-4-20)33(2,30)31/h3-8,15,19H,9-14,16-18H2,1-2H3/t19-/m1/s1. The number of carbonyl (C=O) groups excluding carboxylic acids is 1. The lowest BCUT2D eigenvalue weighted by atomic mass is 9.77. The maximum Gasteiger partial charge on any atom is 0.223 e. The van der Waals surface area contributed by atoms with Crippen molar-refractivity contribution in [3.63, 3.8) is 0 Å². The number of sulfone groups is 1. The number of nitrogens with zero attached hydrogens (tertiary/aromatic N) is 2. The summed E-state index contributed by atoms with van der Waals surface area (Å²) in [6.07, 6.45) is 4.87. The van der Waals surface area contributed by atoms with Gasteiger partial charge in [0.2, 0.25) is 5.91 Å². The molecule has 0 radical (unpaired) electrons. The van der Waals surface area contributed by atoms with Gasteiger partial charge in [-0.25, -0.2) is 8.42 Å². The van der Waals surface area contributed by atoms with E-state index in [9.17, 15) is 13.2 Å². The van der Waals surface area contributed by atoms with Crippen molar-refractivity contribution >= 4 is 15.7 Å². The molecule has 0 saturated carbocycles. The van der Waals surface area contributed by atoms with Crippen molar-refractivity contribution in [3.05, 3.63) is 59.2 Å². The van der Waals surface area contributed by atoms with E-state index < -0.39 is 9.84 Å². The number of ether oxygens (including phenoxy) is 1. The molecule has 6 nitrogen and oxygen atoms in total. The number of rotatable bonds is 5. The Morgan fingerprint density at radius 1 is 1.09 bits per heavy atom. The van der Waals surface area contributed by atoms with Crippen LogP contribution in [0.4, 0.5) is 0 Å². The first-order valence-electron chi connectivity index (χ1n) is 11.8. The first kappa shape index (κ1) is 22.4. The Bertz CT molecular complexity index is 1150. The van der Waals surface area contributed by atoms with Crippen molar-refractivity contribution in [2.24, 2.45) is 5.41 Å². The van der Waals surface area contributed by atoms with E-state index in [1.807, 2.05) is 17.0 Å². The van der Waals surface area contributed by atoms with Gasteiger partial charge in [0.1, 0.15) is 5.75 Å². The molecule has 1 spiro atoms. The zero-order valence-electron chi connectivity index (χ0n) is 19.4. The fourth-order valence-corrected chi connectivity index (χ4v) is 6.19. The summed E-state index contributed by atoms with van der Waals surface area (Å²) in [6, 6.07) is 13.9. The minimum Gasteiger partial charge on any atom is -0.493 e. The van der Waals surface area contributed by atoms with Gasteiger partial charge in [0.25, 0.3) is 0 Å². The highest BCUT2D eigenvalue weighted by molar-refractivity contribution is 7.90. The van der Waals surface area contributed by atoms with Gasteiger partial charge >= 0.3 is 0 Å². The van der Waals surface area contributed by atoms with Gasteiger partial charge < -0.3 is 9.64 Å². The normalized spacial score (nSPS) is 21.3. The van der Waals surface area contributed by atoms with E-state index in [-0.39, 0.29) is 11.3 Å². The molecule has 2 fully saturated rings. The summed E-state index contributed by atoms with van der Waals surface area (Å²) in [6.45, 7) is 6.35. The van der Waals surface area contributed by atoms with Crippen molar-refractivity contribution in [2.75, 3.05) is 32.5 Å². The number of hydrogen-bond acceptors (Lipinski definition) is 5. The second-order valence-electron chi connectivity index (χ2n) is 10.0. The third kappa shape index (κ3) is 4.53. The molecule has 1 atom stereocenters. The van der Waals surface area contributed by atoms with Gasteiger partial charge in [0.05, 0.1) is 11.5 Å². The Balaban J connectivity index is 1.20. The number of piperidine rings is 1. The van der Waals surface area contributed by atoms with E-state index in [0.717, 1.165) is 56.8 Å². The summed E-state index contributed by atoms with van der Waals surface area (Å²) in [5.74, 6) is 1.24. The number of likely N-dealkylation sites (tertiary alicyclic amines) is 2. The second-order valence-corrected chi connectivity index (χ2v) is 12.0. The smallest absolute Gasteiger partial charge is 0.223 e. The SMILES string of the molecule is C[C@H](c1ccc2c(c1)OCC2)N1CCC2(CC1)CC(=O)N(Cc1ccc(S(C)(=O)=O)cc1)C2. The molecule has 2 aromatic rings. The van der Waals surface area contributed by atoms with Gasteiger partial charge in [0, 0.05) is 38.2 Å². The average molecular weight is 469 g/mol. The fraction of sp³-hybridized carbons (Fsp3) is 0.500. The first-order chi connectivity index (χ1) is 15.7. The fourth-order valence-electron chi connectivity index (χ4n) is 5.56. The molecule has 2 aromatic carbocycles. The van der Waals surface area contributed by atoms with Crippen molar-refractivity contribution in [1.82, 2.24) is 9.80 Å². The van der Waals surface area contributed by atoms with Crippen LogP contribution in [0.15, 0.2) is 47.4 Å². The summed E-state index contributed by atoms with van der Waals surface area (Å²) in [5, 5.41) is 0. The molecule has 7 heteroatoms. The molecule has 3 aliphatic rings. The van der Waals surface area contributed by atoms with Gasteiger partial charge in [-0.15, -0.1) is 0 Å². The van der Waals surface area contributed by atoms with Crippen LogP contribution in [0.25, 0.3) is 0 Å². The zero-order chi connectivity index (χ0) is 23.2. The number of benzene rings is 2. The van der Waals surface area contributed by atoms with Crippen LogP contribution < -0.4 is 4.74 Å². The minimum absolute atomic E-state index is 0.0566. The second kappa shape index (κ2) is 8.44. The molecule has 176 valence electrons. The summed E-state index contributed by atoms with van der Waals surface area (Å²) in [5.41, 5.74) is 3.63. The van der Waals surface area contributed by atoms with Crippen LogP contribution in [0, 0.1) is 5.41 Å². The van der Waals surface area contributed by atoms with Crippen molar-refractivity contribution in [3.8, 4) is 5.75 Å². The Hall–Kier alpha value is -2.38. The third-order valence-corrected chi connectivity index (χ3v) is 8.87. The highest BCUT2D eigenvalue weighted by Crippen LogP contribution is 2.43. The van der Waals surface area contributed by atoms with E-state index in [4.69, 9.17) is 4.74 Å². The van der Waals surface area contributed by atoms with E-state index in [1.54, 1.807) is 12.1 Å². The van der Waals surface area contributed by atoms with Gasteiger partial charge in [-0.3, -0.25) is 9.69 Å². The number of amides is 1. The molecule has 0 aromatic heterocycles. The van der Waals surface area contributed by atoms with Gasteiger partial charge in [0.15, 0.2) is 9.84 Å². The molecule has 0 bridgehead atoms. The van der Waals surface area contributed by atoms with Crippen LogP contribution in [0.2, 0.25) is 0 Å². The minimum atomic E-state index is -3.21. The zero-order valence-corrected chi connectivity index (χ0v) is 20.2. The van der Waals surface area contributed by atoms with Crippen LogP contribution in [0.5, 0.6) is 5.75 Å². The van der Waals surface area contributed by atoms with Crippen LogP contribution in [-0.2, 0) is 27.6 Å².